The molecule has 116 valence electrons. The molecule has 0 unspecified atom stereocenters. The quantitative estimate of drug-likeness (QED) is 0.911. The van der Waals surface area contributed by atoms with Crippen molar-refractivity contribution in [1.29, 1.82) is 0 Å². The minimum Gasteiger partial charge on any atom is -0.347 e. The van der Waals surface area contributed by atoms with Crippen molar-refractivity contribution in [3.8, 4) is 0 Å². The molecule has 1 heterocycles. The Balaban J connectivity index is 1.58. The van der Waals surface area contributed by atoms with Crippen LogP contribution in [0, 0.1) is 0 Å². The Labute approximate surface area is 124 Å². The van der Waals surface area contributed by atoms with Crippen LogP contribution in [0.3, 0.4) is 0 Å². The van der Waals surface area contributed by atoms with Crippen LogP contribution < -0.4 is 5.32 Å². The smallest absolute Gasteiger partial charge is 0.347 e. The Hall–Kier alpha value is -2.31. The van der Waals surface area contributed by atoms with Crippen LogP contribution in [0.2, 0.25) is 0 Å². The third-order valence-corrected chi connectivity index (χ3v) is 3.58. The molecular weight excluding hydrogens is 295 g/mol. The van der Waals surface area contributed by atoms with Gasteiger partial charge in [0.2, 0.25) is 0 Å². The van der Waals surface area contributed by atoms with Crippen molar-refractivity contribution in [2.24, 2.45) is 0 Å². The van der Waals surface area contributed by atoms with Crippen molar-refractivity contribution >= 4 is 5.91 Å². The first kappa shape index (κ1) is 14.6. The zero-order valence-corrected chi connectivity index (χ0v) is 11.6. The first-order valence-electron chi connectivity index (χ1n) is 6.93. The van der Waals surface area contributed by atoms with E-state index in [1.165, 1.54) is 12.1 Å². The Morgan fingerprint density at radius 3 is 2.55 bits per heavy atom. The molecule has 0 atom stereocenters. The average molecular weight is 309 g/mol. The lowest BCUT2D eigenvalue weighted by Crippen LogP contribution is -2.23. The zero-order chi connectivity index (χ0) is 15.7. The van der Waals surface area contributed by atoms with E-state index in [1.54, 1.807) is 6.07 Å². The fourth-order valence-electron chi connectivity index (χ4n) is 2.14. The summed E-state index contributed by atoms with van der Waals surface area (Å²) in [6, 6.07) is 6.43. The minimum absolute atomic E-state index is 0.155. The Morgan fingerprint density at radius 1 is 1.27 bits per heavy atom. The predicted octanol–water partition coefficient (Wildman–Crippen LogP) is 3.24. The van der Waals surface area contributed by atoms with Gasteiger partial charge in [-0.05, 0) is 36.6 Å². The van der Waals surface area contributed by atoms with E-state index in [-0.39, 0.29) is 12.5 Å². The lowest BCUT2D eigenvalue weighted by Gasteiger charge is -2.08. The summed E-state index contributed by atoms with van der Waals surface area (Å²) in [4.78, 5) is 11.9. The number of carbonyl (C=O) groups excluding carboxylic acids is 1. The van der Waals surface area contributed by atoms with Gasteiger partial charge in [-0.25, -0.2) is 0 Å². The number of alkyl halides is 3. The van der Waals surface area contributed by atoms with E-state index >= 15 is 0 Å². The van der Waals surface area contributed by atoms with Crippen LogP contribution in [0.1, 0.15) is 46.1 Å². The summed E-state index contributed by atoms with van der Waals surface area (Å²) in [6.45, 7) is 0.155. The molecule has 1 aromatic heterocycles. The molecular formula is C15H14F3N3O. The normalized spacial score (nSPS) is 14.9. The second kappa shape index (κ2) is 5.47. The molecule has 1 fully saturated rings. The number of rotatable bonds is 4. The van der Waals surface area contributed by atoms with Gasteiger partial charge < -0.3 is 5.32 Å². The van der Waals surface area contributed by atoms with Crippen molar-refractivity contribution in [3.63, 3.8) is 0 Å². The van der Waals surface area contributed by atoms with E-state index in [2.05, 4.69) is 15.5 Å². The largest absolute Gasteiger partial charge is 0.416 e. The number of aromatic amines is 1. The second-order valence-corrected chi connectivity index (χ2v) is 5.36. The molecule has 1 amide bonds. The van der Waals surface area contributed by atoms with Gasteiger partial charge in [0, 0.05) is 18.2 Å². The standard InChI is InChI=1S/C15H14F3N3O/c16-15(17,18)11-5-1-9(2-6-11)8-19-14(22)13-7-12(20-21-13)10-3-4-10/h1-2,5-7,10H,3-4,8H2,(H,19,22)(H,20,21). The Morgan fingerprint density at radius 2 is 1.95 bits per heavy atom. The highest BCUT2D eigenvalue weighted by Gasteiger charge is 2.30. The number of nitrogens with one attached hydrogen (secondary N) is 2. The van der Waals surface area contributed by atoms with Crippen LogP contribution in [0.25, 0.3) is 0 Å². The molecule has 0 spiro atoms. The van der Waals surface area contributed by atoms with Crippen LogP contribution >= 0.6 is 0 Å². The third-order valence-electron chi connectivity index (χ3n) is 3.58. The maximum absolute atomic E-state index is 12.4. The van der Waals surface area contributed by atoms with E-state index in [9.17, 15) is 18.0 Å². The van der Waals surface area contributed by atoms with Crippen LogP contribution in [0.5, 0.6) is 0 Å². The van der Waals surface area contributed by atoms with E-state index in [0.29, 0.717) is 17.2 Å². The van der Waals surface area contributed by atoms with E-state index in [1.807, 2.05) is 0 Å². The molecule has 1 saturated carbocycles. The van der Waals surface area contributed by atoms with Crippen molar-refractivity contribution < 1.29 is 18.0 Å². The van der Waals surface area contributed by atoms with E-state index < -0.39 is 11.7 Å². The van der Waals surface area contributed by atoms with Gasteiger partial charge in [-0.3, -0.25) is 9.89 Å². The average Bonchev–Trinajstić information content (AvgIpc) is 3.22. The van der Waals surface area contributed by atoms with Crippen molar-refractivity contribution in [3.05, 3.63) is 52.8 Å². The highest BCUT2D eigenvalue weighted by atomic mass is 19.4. The van der Waals surface area contributed by atoms with E-state index in [0.717, 1.165) is 30.7 Å². The summed E-state index contributed by atoms with van der Waals surface area (Å²) in [5.74, 6) is 0.131. The fourth-order valence-corrected chi connectivity index (χ4v) is 2.14. The monoisotopic (exact) mass is 309 g/mol. The number of benzene rings is 1. The Bertz CT molecular complexity index is 672. The van der Waals surface area contributed by atoms with Crippen LogP contribution in [0.4, 0.5) is 13.2 Å². The molecule has 2 aromatic rings. The van der Waals surface area contributed by atoms with Gasteiger partial charge in [0.15, 0.2) is 0 Å². The highest BCUT2D eigenvalue weighted by Crippen LogP contribution is 2.38. The first-order valence-corrected chi connectivity index (χ1v) is 6.93. The number of amides is 1. The number of nitrogens with zero attached hydrogens (tertiary/aromatic N) is 1. The minimum atomic E-state index is -4.35. The summed E-state index contributed by atoms with van der Waals surface area (Å²) in [6.07, 6.45) is -2.14. The number of hydrogen-bond donors (Lipinski definition) is 2. The first-order chi connectivity index (χ1) is 10.4. The summed E-state index contributed by atoms with van der Waals surface area (Å²) < 4.78 is 37.3. The van der Waals surface area contributed by atoms with Crippen LogP contribution in [0.15, 0.2) is 30.3 Å². The molecule has 4 nitrogen and oxygen atoms in total. The maximum atomic E-state index is 12.4. The SMILES string of the molecule is O=C(NCc1ccc(C(F)(F)F)cc1)c1cc(C2CC2)[nH]n1. The van der Waals surface area contributed by atoms with Gasteiger partial charge in [0.25, 0.3) is 5.91 Å². The maximum Gasteiger partial charge on any atom is 0.416 e. The molecule has 2 N–H and O–H groups in total. The molecule has 1 aliphatic rings. The molecule has 22 heavy (non-hydrogen) atoms. The number of carbonyl (C=O) groups is 1. The number of H-pyrrole nitrogens is 1. The topological polar surface area (TPSA) is 57.8 Å². The summed E-state index contributed by atoms with van der Waals surface area (Å²) >= 11 is 0. The summed E-state index contributed by atoms with van der Waals surface area (Å²) in [5.41, 5.74) is 1.15. The van der Waals surface area contributed by atoms with Gasteiger partial charge >= 0.3 is 6.18 Å². The molecule has 1 aliphatic carbocycles. The number of hydrogen-bond acceptors (Lipinski definition) is 2. The summed E-state index contributed by atoms with van der Waals surface area (Å²) in [7, 11) is 0. The third kappa shape index (κ3) is 3.29. The van der Waals surface area contributed by atoms with Crippen molar-refractivity contribution in [2.75, 3.05) is 0 Å². The van der Waals surface area contributed by atoms with Gasteiger partial charge in [-0.15, -0.1) is 0 Å². The molecule has 0 bridgehead atoms. The van der Waals surface area contributed by atoms with Crippen molar-refractivity contribution in [1.82, 2.24) is 15.5 Å². The lowest BCUT2D eigenvalue weighted by atomic mass is 10.1. The van der Waals surface area contributed by atoms with Crippen molar-refractivity contribution in [2.45, 2.75) is 31.5 Å². The second-order valence-electron chi connectivity index (χ2n) is 5.36. The van der Waals surface area contributed by atoms with Gasteiger partial charge in [0.1, 0.15) is 5.69 Å². The lowest BCUT2D eigenvalue weighted by molar-refractivity contribution is -0.137. The summed E-state index contributed by atoms with van der Waals surface area (Å²) in [5, 5.41) is 9.43. The van der Waals surface area contributed by atoms with Crippen LogP contribution in [-0.2, 0) is 12.7 Å². The zero-order valence-electron chi connectivity index (χ0n) is 11.6. The van der Waals surface area contributed by atoms with Gasteiger partial charge in [0.05, 0.1) is 5.56 Å². The molecule has 7 heteroatoms. The molecule has 1 aromatic carbocycles. The highest BCUT2D eigenvalue weighted by molar-refractivity contribution is 5.92. The van der Waals surface area contributed by atoms with Crippen LogP contribution in [-0.4, -0.2) is 16.1 Å². The van der Waals surface area contributed by atoms with Gasteiger partial charge in [-0.2, -0.15) is 18.3 Å². The molecule has 0 radical (unpaired) electrons. The number of halogens is 3. The fraction of sp³-hybridized carbons (Fsp3) is 0.333. The predicted molar refractivity (Wildman–Crippen MR) is 73.2 cm³/mol. The number of aromatic nitrogens is 2. The van der Waals surface area contributed by atoms with E-state index in [4.69, 9.17) is 0 Å². The van der Waals surface area contributed by atoms with Gasteiger partial charge in [-0.1, -0.05) is 12.1 Å². The molecule has 0 saturated heterocycles. The molecule has 0 aliphatic heterocycles. The Kier molecular flexibility index (Phi) is 3.64. The molecule has 3 rings (SSSR count).